The van der Waals surface area contributed by atoms with Crippen LogP contribution in [0.5, 0.6) is 0 Å². The summed E-state index contributed by atoms with van der Waals surface area (Å²) in [5.74, 6) is -2.31. The van der Waals surface area contributed by atoms with Crippen molar-refractivity contribution >= 4 is 0 Å². The summed E-state index contributed by atoms with van der Waals surface area (Å²) < 4.78 is 29.8. The van der Waals surface area contributed by atoms with Crippen molar-refractivity contribution in [1.82, 2.24) is 0 Å². The van der Waals surface area contributed by atoms with Crippen molar-refractivity contribution in [2.24, 2.45) is 11.7 Å². The van der Waals surface area contributed by atoms with Crippen molar-refractivity contribution in [3.63, 3.8) is 0 Å². The number of nitrogens with two attached hydrogens (primary N) is 1. The maximum absolute atomic E-state index is 12.4. The van der Waals surface area contributed by atoms with E-state index in [1.165, 1.54) is 0 Å². The maximum atomic E-state index is 12.4. The van der Waals surface area contributed by atoms with Gasteiger partial charge in [0, 0.05) is 26.5 Å². The predicted octanol–water partition coefficient (Wildman–Crippen LogP) is 1.40. The van der Waals surface area contributed by atoms with Crippen LogP contribution < -0.4 is 5.73 Å². The molecule has 0 aromatic heterocycles. The molecule has 0 bridgehead atoms. The van der Waals surface area contributed by atoms with Gasteiger partial charge < -0.3 is 10.5 Å². The topological polar surface area (TPSA) is 35.2 Å². The van der Waals surface area contributed by atoms with Crippen molar-refractivity contribution in [3.8, 4) is 0 Å². The van der Waals surface area contributed by atoms with Gasteiger partial charge >= 0.3 is 0 Å². The van der Waals surface area contributed by atoms with E-state index in [0.29, 0.717) is 13.0 Å². The van der Waals surface area contributed by atoms with Crippen LogP contribution in [-0.4, -0.2) is 25.7 Å². The number of hydrogen-bond donors (Lipinski definition) is 1. The van der Waals surface area contributed by atoms with Gasteiger partial charge in [-0.2, -0.15) is 0 Å². The van der Waals surface area contributed by atoms with Crippen LogP contribution in [0.2, 0.25) is 0 Å². The summed E-state index contributed by atoms with van der Waals surface area (Å²) >= 11 is 0. The van der Waals surface area contributed by atoms with Crippen LogP contribution in [0.3, 0.4) is 0 Å². The Balaban J connectivity index is 2.17. The van der Waals surface area contributed by atoms with Gasteiger partial charge in [0.2, 0.25) is 5.92 Å². The van der Waals surface area contributed by atoms with Crippen molar-refractivity contribution in [2.75, 3.05) is 13.7 Å². The predicted molar refractivity (Wildman–Crippen MR) is 42.1 cm³/mol. The average molecular weight is 179 g/mol. The number of ether oxygens (including phenoxy) is 1. The minimum absolute atomic E-state index is 0.00681. The Morgan fingerprint density at radius 1 is 1.58 bits per heavy atom. The molecule has 0 aliphatic heterocycles. The third-order valence-electron chi connectivity index (χ3n) is 2.37. The number of halogens is 2. The van der Waals surface area contributed by atoms with Gasteiger partial charge in [-0.3, -0.25) is 0 Å². The first kappa shape index (κ1) is 9.86. The Morgan fingerprint density at radius 2 is 2.17 bits per heavy atom. The molecular formula is C8H15F2NO. The van der Waals surface area contributed by atoms with E-state index in [1.807, 2.05) is 0 Å². The molecule has 1 rings (SSSR count). The molecule has 1 fully saturated rings. The molecule has 0 saturated heterocycles. The average Bonchev–Trinajstić information content (AvgIpc) is 1.96. The van der Waals surface area contributed by atoms with E-state index in [-0.39, 0.29) is 24.9 Å². The van der Waals surface area contributed by atoms with Gasteiger partial charge in [-0.05, 0) is 12.3 Å². The molecule has 1 unspecified atom stereocenters. The van der Waals surface area contributed by atoms with E-state index in [2.05, 4.69) is 0 Å². The number of methoxy groups -OCH3 is 1. The highest BCUT2D eigenvalue weighted by Crippen LogP contribution is 2.44. The first-order chi connectivity index (χ1) is 5.57. The Labute approximate surface area is 71.1 Å². The fourth-order valence-corrected chi connectivity index (χ4v) is 1.61. The first-order valence-corrected chi connectivity index (χ1v) is 4.18. The van der Waals surface area contributed by atoms with Crippen LogP contribution in [0.15, 0.2) is 0 Å². The largest absolute Gasteiger partial charge is 0.380 e. The summed E-state index contributed by atoms with van der Waals surface area (Å²) in [4.78, 5) is 0. The van der Waals surface area contributed by atoms with Crippen molar-refractivity contribution in [1.29, 1.82) is 0 Å². The number of hydrogen-bond acceptors (Lipinski definition) is 2. The SMILES string of the molecule is COC(CN)CC1CC(F)(F)C1. The van der Waals surface area contributed by atoms with Crippen molar-refractivity contribution in [2.45, 2.75) is 31.3 Å². The smallest absolute Gasteiger partial charge is 0.248 e. The first-order valence-electron chi connectivity index (χ1n) is 4.18. The lowest BCUT2D eigenvalue weighted by atomic mass is 9.78. The highest BCUT2D eigenvalue weighted by atomic mass is 19.3. The van der Waals surface area contributed by atoms with Gasteiger partial charge in [-0.25, -0.2) is 8.78 Å². The molecule has 0 amide bonds. The van der Waals surface area contributed by atoms with Crippen molar-refractivity contribution in [3.05, 3.63) is 0 Å². The molecule has 1 atom stereocenters. The zero-order valence-corrected chi connectivity index (χ0v) is 7.22. The molecule has 4 heteroatoms. The highest BCUT2D eigenvalue weighted by Gasteiger charge is 2.45. The normalized spacial score (nSPS) is 25.0. The second-order valence-electron chi connectivity index (χ2n) is 3.46. The Bertz CT molecular complexity index is 140. The molecule has 0 spiro atoms. The zero-order chi connectivity index (χ0) is 9.19. The van der Waals surface area contributed by atoms with Crippen LogP contribution in [0.1, 0.15) is 19.3 Å². The molecule has 1 saturated carbocycles. The molecule has 1 aliphatic carbocycles. The van der Waals surface area contributed by atoms with Crippen molar-refractivity contribution < 1.29 is 13.5 Å². The second kappa shape index (κ2) is 3.66. The second-order valence-corrected chi connectivity index (χ2v) is 3.46. The van der Waals surface area contributed by atoms with E-state index in [1.54, 1.807) is 7.11 Å². The van der Waals surface area contributed by atoms with Gasteiger partial charge in [-0.1, -0.05) is 0 Å². The molecular weight excluding hydrogens is 164 g/mol. The fraction of sp³-hybridized carbons (Fsp3) is 1.00. The summed E-state index contributed by atoms with van der Waals surface area (Å²) in [7, 11) is 1.56. The minimum Gasteiger partial charge on any atom is -0.380 e. The van der Waals surface area contributed by atoms with E-state index < -0.39 is 5.92 Å². The van der Waals surface area contributed by atoms with Crippen LogP contribution in [0.4, 0.5) is 8.78 Å². The van der Waals surface area contributed by atoms with Crippen LogP contribution in [0.25, 0.3) is 0 Å². The summed E-state index contributed by atoms with van der Waals surface area (Å²) in [6, 6.07) is 0. The summed E-state index contributed by atoms with van der Waals surface area (Å²) in [6.07, 6.45) is 0.633. The highest BCUT2D eigenvalue weighted by molar-refractivity contribution is 4.87. The van der Waals surface area contributed by atoms with E-state index in [0.717, 1.165) is 0 Å². The van der Waals surface area contributed by atoms with E-state index >= 15 is 0 Å². The number of alkyl halides is 2. The molecule has 0 aromatic rings. The van der Waals surface area contributed by atoms with E-state index in [4.69, 9.17) is 10.5 Å². The lowest BCUT2D eigenvalue weighted by Gasteiger charge is -2.36. The zero-order valence-electron chi connectivity index (χ0n) is 7.22. The standard InChI is InChI=1S/C8H15F2NO/c1-12-7(5-11)2-6-3-8(9,10)4-6/h6-7H,2-5,11H2,1H3. The van der Waals surface area contributed by atoms with Crippen LogP contribution in [-0.2, 0) is 4.74 Å². The molecule has 12 heavy (non-hydrogen) atoms. The fourth-order valence-electron chi connectivity index (χ4n) is 1.61. The molecule has 0 aromatic carbocycles. The van der Waals surface area contributed by atoms with Gasteiger partial charge in [0.1, 0.15) is 0 Å². The van der Waals surface area contributed by atoms with Gasteiger partial charge in [-0.15, -0.1) is 0 Å². The minimum atomic E-state index is -2.42. The van der Waals surface area contributed by atoms with Crippen LogP contribution >= 0.6 is 0 Å². The van der Waals surface area contributed by atoms with Crippen LogP contribution in [0, 0.1) is 5.92 Å². The van der Waals surface area contributed by atoms with Gasteiger partial charge in [0.15, 0.2) is 0 Å². The molecule has 2 nitrogen and oxygen atoms in total. The van der Waals surface area contributed by atoms with Gasteiger partial charge in [0.05, 0.1) is 6.10 Å². The Hall–Kier alpha value is -0.220. The van der Waals surface area contributed by atoms with E-state index in [9.17, 15) is 8.78 Å². The maximum Gasteiger partial charge on any atom is 0.248 e. The third kappa shape index (κ3) is 2.38. The Morgan fingerprint density at radius 3 is 2.50 bits per heavy atom. The summed E-state index contributed by atoms with van der Waals surface area (Å²) in [5, 5.41) is 0. The summed E-state index contributed by atoms with van der Waals surface area (Å²) in [5.41, 5.74) is 5.37. The number of rotatable bonds is 4. The molecule has 0 radical (unpaired) electrons. The lowest BCUT2D eigenvalue weighted by molar-refractivity contribution is -0.120. The third-order valence-corrected chi connectivity index (χ3v) is 2.37. The molecule has 72 valence electrons. The van der Waals surface area contributed by atoms with Gasteiger partial charge in [0.25, 0.3) is 0 Å². The monoisotopic (exact) mass is 179 g/mol. The molecule has 2 N–H and O–H groups in total. The quantitative estimate of drug-likeness (QED) is 0.708. The summed E-state index contributed by atoms with van der Waals surface area (Å²) in [6.45, 7) is 0.415. The molecule has 0 heterocycles. The molecule has 1 aliphatic rings. The Kier molecular flexibility index (Phi) is 3.01. The lowest BCUT2D eigenvalue weighted by Crippen LogP contribution is -2.38.